The molecule has 20 heavy (non-hydrogen) atoms. The Kier molecular flexibility index (Phi) is 3.23. The van der Waals surface area contributed by atoms with Crippen molar-refractivity contribution in [1.29, 1.82) is 0 Å². The van der Waals surface area contributed by atoms with Gasteiger partial charge in [0.05, 0.1) is 25.9 Å². The fourth-order valence-corrected chi connectivity index (χ4v) is 2.82. The lowest BCUT2D eigenvalue weighted by Crippen LogP contribution is -1.92. The van der Waals surface area contributed by atoms with Crippen LogP contribution in [0.2, 0.25) is 5.02 Å². The summed E-state index contributed by atoms with van der Waals surface area (Å²) in [5.74, 6) is 0.253. The number of aryl methyl sites for hydroxylation is 1. The van der Waals surface area contributed by atoms with Crippen molar-refractivity contribution in [2.75, 3.05) is 5.73 Å². The minimum atomic E-state index is -0.534. The zero-order valence-electron chi connectivity index (χ0n) is 10.5. The Labute approximate surface area is 123 Å². The van der Waals surface area contributed by atoms with Gasteiger partial charge in [-0.15, -0.1) is 11.3 Å². The van der Waals surface area contributed by atoms with E-state index in [4.69, 9.17) is 22.1 Å². The number of aromatic nitrogens is 1. The van der Waals surface area contributed by atoms with Crippen molar-refractivity contribution in [2.45, 2.75) is 6.92 Å². The summed E-state index contributed by atoms with van der Waals surface area (Å²) >= 11 is 7.19. The number of halogens is 2. The molecule has 102 valence electrons. The molecule has 3 rings (SSSR count). The molecule has 0 aliphatic heterocycles. The largest absolute Gasteiger partial charge is 0.455 e. The van der Waals surface area contributed by atoms with E-state index in [1.54, 1.807) is 23.5 Å². The van der Waals surface area contributed by atoms with Gasteiger partial charge in [-0.3, -0.25) is 0 Å². The molecule has 0 radical (unpaired) electrons. The van der Waals surface area contributed by atoms with E-state index in [0.29, 0.717) is 17.2 Å². The van der Waals surface area contributed by atoms with E-state index in [9.17, 15) is 4.39 Å². The van der Waals surface area contributed by atoms with E-state index >= 15 is 0 Å². The van der Waals surface area contributed by atoms with Gasteiger partial charge in [0.25, 0.3) is 0 Å². The second-order valence-electron chi connectivity index (χ2n) is 4.27. The molecule has 3 nitrogen and oxygen atoms in total. The zero-order chi connectivity index (χ0) is 14.3. The Morgan fingerprint density at radius 2 is 2.10 bits per heavy atom. The molecule has 0 fully saturated rings. The molecule has 3 aromatic rings. The van der Waals surface area contributed by atoms with E-state index in [2.05, 4.69) is 4.98 Å². The predicted octanol–water partition coefficient (Wildman–Crippen LogP) is 4.77. The number of nitrogens with zero attached hydrogens (tertiary/aromatic N) is 1. The van der Waals surface area contributed by atoms with Gasteiger partial charge in [-0.05, 0) is 25.1 Å². The molecule has 1 aromatic heterocycles. The summed E-state index contributed by atoms with van der Waals surface area (Å²) in [5.41, 5.74) is 7.24. The first kappa shape index (κ1) is 13.1. The summed E-state index contributed by atoms with van der Waals surface area (Å²) < 4.78 is 20.0. The summed E-state index contributed by atoms with van der Waals surface area (Å²) in [6.07, 6.45) is 0. The molecule has 0 aliphatic carbocycles. The topological polar surface area (TPSA) is 48.1 Å². The molecule has 0 saturated carbocycles. The molecule has 6 heteroatoms. The first-order chi connectivity index (χ1) is 9.52. The molecular formula is C14H10ClFN2OS. The van der Waals surface area contributed by atoms with Gasteiger partial charge in [-0.1, -0.05) is 11.6 Å². The van der Waals surface area contributed by atoms with Gasteiger partial charge >= 0.3 is 0 Å². The molecule has 0 spiro atoms. The lowest BCUT2D eigenvalue weighted by Gasteiger charge is -2.08. The SMILES string of the molecule is Cc1nc2cc(Oc3ccc(Cl)c(F)c3)c(N)cc2s1. The van der Waals surface area contributed by atoms with Crippen molar-refractivity contribution in [2.24, 2.45) is 0 Å². The number of ether oxygens (including phenoxy) is 1. The van der Waals surface area contributed by atoms with Crippen LogP contribution in [0.1, 0.15) is 5.01 Å². The first-order valence-corrected chi connectivity index (χ1v) is 7.02. The number of rotatable bonds is 2. The fraction of sp³-hybridized carbons (Fsp3) is 0.0714. The lowest BCUT2D eigenvalue weighted by molar-refractivity contribution is 0.479. The van der Waals surface area contributed by atoms with Gasteiger partial charge in [-0.25, -0.2) is 9.37 Å². The van der Waals surface area contributed by atoms with Crippen LogP contribution in [0.3, 0.4) is 0 Å². The highest BCUT2D eigenvalue weighted by atomic mass is 35.5. The maximum absolute atomic E-state index is 13.4. The predicted molar refractivity (Wildman–Crippen MR) is 80.3 cm³/mol. The highest BCUT2D eigenvalue weighted by Gasteiger charge is 2.09. The number of benzene rings is 2. The van der Waals surface area contributed by atoms with Crippen LogP contribution in [0.5, 0.6) is 11.5 Å². The third kappa shape index (κ3) is 2.42. The van der Waals surface area contributed by atoms with E-state index in [0.717, 1.165) is 15.2 Å². The highest BCUT2D eigenvalue weighted by molar-refractivity contribution is 7.18. The minimum Gasteiger partial charge on any atom is -0.455 e. The molecule has 0 saturated heterocycles. The molecule has 0 atom stereocenters. The van der Waals surface area contributed by atoms with E-state index < -0.39 is 5.82 Å². The van der Waals surface area contributed by atoms with Crippen LogP contribution >= 0.6 is 22.9 Å². The van der Waals surface area contributed by atoms with Crippen LogP contribution in [0.4, 0.5) is 10.1 Å². The van der Waals surface area contributed by atoms with E-state index in [1.165, 1.54) is 12.1 Å². The average molecular weight is 309 g/mol. The molecule has 0 bridgehead atoms. The van der Waals surface area contributed by atoms with Crippen molar-refractivity contribution in [1.82, 2.24) is 4.98 Å². The number of hydrogen-bond acceptors (Lipinski definition) is 4. The average Bonchev–Trinajstić information content (AvgIpc) is 2.73. The maximum Gasteiger partial charge on any atom is 0.152 e. The Bertz CT molecular complexity index is 803. The summed E-state index contributed by atoms with van der Waals surface area (Å²) in [5, 5.41) is 1.00. The Morgan fingerprint density at radius 1 is 1.30 bits per heavy atom. The molecular weight excluding hydrogens is 299 g/mol. The lowest BCUT2D eigenvalue weighted by atomic mass is 10.2. The van der Waals surface area contributed by atoms with Crippen LogP contribution < -0.4 is 10.5 Å². The summed E-state index contributed by atoms with van der Waals surface area (Å²) in [6.45, 7) is 1.93. The molecule has 2 aromatic carbocycles. The second kappa shape index (κ2) is 4.92. The van der Waals surface area contributed by atoms with Crippen molar-refractivity contribution in [3.63, 3.8) is 0 Å². The normalized spacial score (nSPS) is 10.9. The zero-order valence-corrected chi connectivity index (χ0v) is 12.1. The van der Waals surface area contributed by atoms with Crippen molar-refractivity contribution >= 4 is 38.8 Å². The van der Waals surface area contributed by atoms with Crippen molar-refractivity contribution in [3.8, 4) is 11.5 Å². The van der Waals surface area contributed by atoms with Crippen LogP contribution in [-0.4, -0.2) is 4.98 Å². The fourth-order valence-electron chi connectivity index (χ4n) is 1.84. The Hall–Kier alpha value is -1.85. The summed E-state index contributed by atoms with van der Waals surface area (Å²) in [4.78, 5) is 4.38. The summed E-state index contributed by atoms with van der Waals surface area (Å²) in [6, 6.07) is 7.80. The number of hydrogen-bond donors (Lipinski definition) is 1. The van der Waals surface area contributed by atoms with Crippen molar-refractivity contribution < 1.29 is 9.13 Å². The standard InChI is InChI=1S/C14H10ClFN2OS/c1-7-18-12-6-13(11(17)5-14(12)20-7)19-8-2-3-9(15)10(16)4-8/h2-6H,17H2,1H3. The number of thiazole rings is 1. The van der Waals surface area contributed by atoms with Crippen LogP contribution in [0.15, 0.2) is 30.3 Å². The van der Waals surface area contributed by atoms with Crippen molar-refractivity contribution in [3.05, 3.63) is 46.2 Å². The third-order valence-corrected chi connectivity index (χ3v) is 3.99. The monoisotopic (exact) mass is 308 g/mol. The van der Waals surface area contributed by atoms with E-state index in [1.807, 2.05) is 13.0 Å². The molecule has 2 N–H and O–H groups in total. The molecule has 0 aliphatic rings. The molecule has 1 heterocycles. The smallest absolute Gasteiger partial charge is 0.152 e. The Balaban J connectivity index is 2.00. The van der Waals surface area contributed by atoms with E-state index in [-0.39, 0.29) is 5.02 Å². The number of fused-ring (bicyclic) bond motifs is 1. The van der Waals surface area contributed by atoms with Gasteiger partial charge in [0.1, 0.15) is 11.6 Å². The van der Waals surface area contributed by atoms with Crippen LogP contribution in [-0.2, 0) is 0 Å². The number of nitrogens with two attached hydrogens (primary N) is 1. The van der Waals surface area contributed by atoms with Gasteiger partial charge in [0.15, 0.2) is 5.75 Å². The molecule has 0 amide bonds. The maximum atomic E-state index is 13.4. The minimum absolute atomic E-state index is 0.0518. The highest BCUT2D eigenvalue weighted by Crippen LogP contribution is 2.34. The summed E-state index contributed by atoms with van der Waals surface area (Å²) in [7, 11) is 0. The van der Waals surface area contributed by atoms with Gasteiger partial charge in [-0.2, -0.15) is 0 Å². The molecule has 0 unspecified atom stereocenters. The van der Waals surface area contributed by atoms with Gasteiger partial charge < -0.3 is 10.5 Å². The first-order valence-electron chi connectivity index (χ1n) is 5.82. The Morgan fingerprint density at radius 3 is 2.85 bits per heavy atom. The van der Waals surface area contributed by atoms with Gasteiger partial charge in [0, 0.05) is 12.1 Å². The van der Waals surface area contributed by atoms with Gasteiger partial charge in [0.2, 0.25) is 0 Å². The number of anilines is 1. The number of nitrogen functional groups attached to an aromatic ring is 1. The second-order valence-corrected chi connectivity index (χ2v) is 5.91. The quantitative estimate of drug-likeness (QED) is 0.694. The van der Waals surface area contributed by atoms with Crippen LogP contribution in [0.25, 0.3) is 10.2 Å². The van der Waals surface area contributed by atoms with Crippen LogP contribution in [0, 0.1) is 12.7 Å². The third-order valence-electron chi connectivity index (χ3n) is 2.75.